The molecule has 8 nitrogen and oxygen atoms in total. The first-order valence-electron chi connectivity index (χ1n) is 27.5. The zero-order valence-corrected chi connectivity index (χ0v) is 47.7. The van der Waals surface area contributed by atoms with Crippen molar-refractivity contribution >= 4 is 68.6 Å². The molecule has 0 fully saturated rings. The molecular formula is C58H88N6O2S4. The third-order valence-electron chi connectivity index (χ3n) is 14.3. The quantitative estimate of drug-likeness (QED) is 0.0450. The highest BCUT2D eigenvalue weighted by atomic mass is 32.1. The number of nitrogens with zero attached hydrogens (tertiary/aromatic N) is 4. The van der Waals surface area contributed by atoms with E-state index in [1.807, 2.05) is 45.0 Å². The third-order valence-corrected chi connectivity index (χ3v) is 19.5. The number of hydrogen-bond donors (Lipinski definition) is 2. The number of aromatic nitrogens is 2. The molecule has 2 aliphatic heterocycles. The van der Waals surface area contributed by atoms with Gasteiger partial charge < -0.3 is 21.3 Å². The number of rotatable bonds is 34. The Balaban J connectivity index is 1.43. The van der Waals surface area contributed by atoms with Gasteiger partial charge in [0.05, 0.1) is 52.5 Å². The molecule has 6 heterocycles. The maximum Gasteiger partial charge on any atom is 0.261 e. The predicted molar refractivity (Wildman–Crippen MR) is 303 cm³/mol. The van der Waals surface area contributed by atoms with Crippen LogP contribution in [-0.4, -0.2) is 44.7 Å². The Morgan fingerprint density at radius 3 is 1.31 bits per heavy atom. The summed E-state index contributed by atoms with van der Waals surface area (Å²) in [6, 6.07) is 8.52. The van der Waals surface area contributed by atoms with Crippen LogP contribution in [-0.2, 0) is 20.7 Å². The Hall–Kier alpha value is -3.00. The highest BCUT2D eigenvalue weighted by Crippen LogP contribution is 2.51. The van der Waals surface area contributed by atoms with Crippen molar-refractivity contribution in [1.29, 1.82) is 0 Å². The minimum Gasteiger partial charge on any atom is -0.321 e. The number of thiazole rings is 2. The lowest BCUT2D eigenvalue weighted by Crippen LogP contribution is -2.34. The van der Waals surface area contributed by atoms with Gasteiger partial charge in [0.1, 0.15) is 10.0 Å². The average Bonchev–Trinajstić information content (AvgIpc) is 4.19. The molecule has 4 N–H and O–H groups in total. The van der Waals surface area contributed by atoms with E-state index in [2.05, 4.69) is 61.8 Å². The largest absolute Gasteiger partial charge is 0.321 e. The van der Waals surface area contributed by atoms with E-state index < -0.39 is 11.1 Å². The lowest BCUT2D eigenvalue weighted by Gasteiger charge is -2.29. The molecule has 0 saturated heterocycles. The first-order valence-corrected chi connectivity index (χ1v) is 30.8. The number of amides is 2. The Morgan fingerprint density at radius 2 is 0.871 bits per heavy atom. The molecule has 4 aromatic heterocycles. The van der Waals surface area contributed by atoms with Crippen molar-refractivity contribution in [3.63, 3.8) is 0 Å². The minimum absolute atomic E-state index is 0.0231. The van der Waals surface area contributed by atoms with E-state index in [4.69, 9.17) is 16.5 Å². The van der Waals surface area contributed by atoms with Crippen LogP contribution in [0.4, 0.5) is 0 Å². The first-order chi connectivity index (χ1) is 33.7. The zero-order chi connectivity index (χ0) is 50.3. The van der Waals surface area contributed by atoms with Gasteiger partial charge in [0, 0.05) is 35.9 Å². The molecule has 0 radical (unpaired) electrons. The number of carbonyl (C=O) groups excluding carboxylic acids is 2. The van der Waals surface area contributed by atoms with Crippen molar-refractivity contribution in [2.24, 2.45) is 23.3 Å². The summed E-state index contributed by atoms with van der Waals surface area (Å²) >= 11 is 6.55. The molecule has 6 rings (SSSR count). The highest BCUT2D eigenvalue weighted by molar-refractivity contribution is 7.26. The van der Waals surface area contributed by atoms with Gasteiger partial charge in [-0.1, -0.05) is 156 Å². The third kappa shape index (κ3) is 15.1. The van der Waals surface area contributed by atoms with Crippen LogP contribution in [0.15, 0.2) is 47.8 Å². The second kappa shape index (κ2) is 27.3. The Bertz CT molecular complexity index is 2320. The average molecular weight is 1030 g/mol. The summed E-state index contributed by atoms with van der Waals surface area (Å²) < 4.78 is 0. The maximum absolute atomic E-state index is 15.8. The van der Waals surface area contributed by atoms with E-state index in [1.165, 1.54) is 116 Å². The smallest absolute Gasteiger partial charge is 0.261 e. The van der Waals surface area contributed by atoms with Crippen LogP contribution in [0, 0.1) is 11.8 Å². The van der Waals surface area contributed by atoms with Crippen molar-refractivity contribution in [2.45, 2.75) is 221 Å². The fourth-order valence-corrected chi connectivity index (χ4v) is 14.3. The van der Waals surface area contributed by atoms with Gasteiger partial charge in [-0.05, 0) is 89.5 Å². The Labute approximate surface area is 439 Å². The van der Waals surface area contributed by atoms with Crippen molar-refractivity contribution < 1.29 is 9.59 Å². The van der Waals surface area contributed by atoms with E-state index in [0.29, 0.717) is 36.1 Å². The molecule has 2 aliphatic rings. The summed E-state index contributed by atoms with van der Waals surface area (Å²) in [7, 11) is 0. The first kappa shape index (κ1) is 56.3. The molecule has 2 amide bonds. The summed E-state index contributed by atoms with van der Waals surface area (Å²) in [5.74, 6) is 0.650. The normalized spacial score (nSPS) is 15.4. The van der Waals surface area contributed by atoms with Crippen LogP contribution >= 0.6 is 45.3 Å². The molecule has 4 aromatic rings. The molecule has 0 aromatic carbocycles. The molecule has 0 saturated carbocycles. The van der Waals surface area contributed by atoms with Crippen LogP contribution in [0.5, 0.6) is 0 Å². The lowest BCUT2D eigenvalue weighted by molar-refractivity contribution is -0.124. The van der Waals surface area contributed by atoms with Gasteiger partial charge in [0.25, 0.3) is 11.8 Å². The number of fused-ring (bicyclic) bond motifs is 1. The number of hydrogen-bond acceptors (Lipinski definition) is 10. The number of thiophene rings is 2. The monoisotopic (exact) mass is 1030 g/mol. The highest BCUT2D eigenvalue weighted by Gasteiger charge is 2.50. The second-order valence-electron chi connectivity index (χ2n) is 21.7. The molecule has 386 valence electrons. The summed E-state index contributed by atoms with van der Waals surface area (Å²) in [6.45, 7) is 18.4. The maximum atomic E-state index is 15.8. The van der Waals surface area contributed by atoms with Crippen LogP contribution in [0.2, 0.25) is 0 Å². The van der Waals surface area contributed by atoms with Gasteiger partial charge in [-0.3, -0.25) is 9.59 Å². The van der Waals surface area contributed by atoms with Crippen molar-refractivity contribution in [1.82, 2.24) is 19.8 Å². The fourth-order valence-electron chi connectivity index (χ4n) is 10.2. The number of nitrogens with two attached hydrogens (primary N) is 2. The molecule has 2 unspecified atom stereocenters. The van der Waals surface area contributed by atoms with Crippen LogP contribution in [0.1, 0.15) is 229 Å². The van der Waals surface area contributed by atoms with E-state index in [-0.39, 0.29) is 11.8 Å². The summed E-state index contributed by atoms with van der Waals surface area (Å²) in [5, 5.41) is 1.81. The van der Waals surface area contributed by atoms with E-state index in [0.717, 1.165) is 89.2 Å². The standard InChI is InChI=1S/C58H88N6O2S4/c1-9-13-17-21-23-27-31-41(29-25-19-15-11-3)39-63-51(43-33-34-45(67-43)53-61-37-46(69-53)47-38-62-56(70-47)58(7,8)60)49-50(55(63)66)52(44-35-36-48(68-44)57(5,6)59)64(54(49)65)40-42(30-26-20-16-12-4)32-28-24-22-18-14-10-2/h33-38,41-42H,9-32,39-40,59-60H2,1-8H3. The number of unbranched alkanes of at least 4 members (excludes halogenated alkanes) is 16. The molecule has 12 heteroatoms. The van der Waals surface area contributed by atoms with Gasteiger partial charge in [-0.15, -0.1) is 45.3 Å². The molecule has 0 aliphatic carbocycles. The van der Waals surface area contributed by atoms with Gasteiger partial charge in [-0.25, -0.2) is 9.97 Å². The summed E-state index contributed by atoms with van der Waals surface area (Å²) in [4.78, 5) is 51.3. The van der Waals surface area contributed by atoms with Gasteiger partial charge >= 0.3 is 0 Å². The van der Waals surface area contributed by atoms with E-state index >= 15 is 9.59 Å². The summed E-state index contributed by atoms with van der Waals surface area (Å²) in [6.07, 6.45) is 32.8. The Kier molecular flexibility index (Phi) is 22.0. The molecule has 2 atom stereocenters. The fraction of sp³-hybridized carbons (Fsp3) is 0.655. The predicted octanol–water partition coefficient (Wildman–Crippen LogP) is 16.9. The second-order valence-corrected chi connectivity index (χ2v) is 25.9. The van der Waals surface area contributed by atoms with E-state index in [9.17, 15) is 0 Å². The lowest BCUT2D eigenvalue weighted by atomic mass is 9.93. The van der Waals surface area contributed by atoms with E-state index in [1.54, 1.807) is 45.3 Å². The van der Waals surface area contributed by atoms with Crippen LogP contribution in [0.3, 0.4) is 0 Å². The summed E-state index contributed by atoms with van der Waals surface area (Å²) in [5.41, 5.74) is 14.9. The van der Waals surface area contributed by atoms with Crippen molar-refractivity contribution in [3.05, 3.63) is 67.4 Å². The molecular weight excluding hydrogens is 941 g/mol. The number of carbonyl (C=O) groups is 2. The van der Waals surface area contributed by atoms with Gasteiger partial charge in [-0.2, -0.15) is 0 Å². The molecule has 0 bridgehead atoms. The van der Waals surface area contributed by atoms with Gasteiger partial charge in [0.2, 0.25) is 0 Å². The minimum atomic E-state index is -0.551. The van der Waals surface area contributed by atoms with Crippen molar-refractivity contribution in [3.8, 4) is 19.6 Å². The zero-order valence-electron chi connectivity index (χ0n) is 44.4. The molecule has 70 heavy (non-hydrogen) atoms. The van der Waals surface area contributed by atoms with Crippen molar-refractivity contribution in [2.75, 3.05) is 13.1 Å². The van der Waals surface area contributed by atoms with Crippen LogP contribution in [0.25, 0.3) is 31.0 Å². The topological polar surface area (TPSA) is 118 Å². The molecule has 0 spiro atoms. The SMILES string of the molecule is CCCCCCCCC(CCCCCC)CN1C(=O)C2=C(c3ccc(C(C)(C)N)s3)N(CC(CCCCCC)CCCCCCCC)C(=O)C2=C1c1ccc(-c2ncc(-c3cnc(C(C)(C)N)s3)s2)s1. The van der Waals surface area contributed by atoms with Gasteiger partial charge in [0.15, 0.2) is 0 Å². The van der Waals surface area contributed by atoms with Crippen LogP contribution < -0.4 is 11.5 Å². The Morgan fingerprint density at radius 1 is 0.471 bits per heavy atom.